The van der Waals surface area contributed by atoms with Gasteiger partial charge in [-0.3, -0.25) is 9.88 Å². The second-order valence-electron chi connectivity index (χ2n) is 5.60. The van der Waals surface area contributed by atoms with Crippen LogP contribution in [0.25, 0.3) is 0 Å². The largest absolute Gasteiger partial charge is 0.478 e. The molecule has 0 unspecified atom stereocenters. The van der Waals surface area contributed by atoms with Crippen molar-refractivity contribution < 1.29 is 4.74 Å². The average molecular weight is 313 g/mol. The quantitative estimate of drug-likeness (QED) is 0.843. The highest BCUT2D eigenvalue weighted by atomic mass is 16.5. The molecule has 0 amide bonds. The van der Waals surface area contributed by atoms with Crippen LogP contribution in [0.5, 0.6) is 5.88 Å². The minimum Gasteiger partial charge on any atom is -0.478 e. The maximum Gasteiger partial charge on any atom is 0.218 e. The van der Waals surface area contributed by atoms with Crippen molar-refractivity contribution in [1.82, 2.24) is 19.9 Å². The van der Waals surface area contributed by atoms with Gasteiger partial charge in [0.05, 0.1) is 12.3 Å². The molecule has 1 atom stereocenters. The molecule has 2 aromatic heterocycles. The molecule has 0 bridgehead atoms. The Bertz CT molecular complexity index is 613. The Morgan fingerprint density at radius 2 is 1.96 bits per heavy atom. The number of hydrogen-bond donors (Lipinski definition) is 0. The monoisotopic (exact) mass is 313 g/mol. The first kappa shape index (κ1) is 15.7. The fourth-order valence-electron chi connectivity index (χ4n) is 2.88. The molecule has 1 fully saturated rings. The van der Waals surface area contributed by atoms with Gasteiger partial charge in [-0.1, -0.05) is 6.07 Å². The smallest absolute Gasteiger partial charge is 0.218 e. The molecule has 6 heteroatoms. The molecule has 3 heterocycles. The maximum absolute atomic E-state index is 5.46. The van der Waals surface area contributed by atoms with Gasteiger partial charge in [0.25, 0.3) is 0 Å². The Kier molecular flexibility index (Phi) is 5.02. The van der Waals surface area contributed by atoms with E-state index in [4.69, 9.17) is 4.74 Å². The number of rotatable bonds is 5. The van der Waals surface area contributed by atoms with E-state index in [9.17, 15) is 0 Å². The summed E-state index contributed by atoms with van der Waals surface area (Å²) >= 11 is 0. The van der Waals surface area contributed by atoms with Crippen LogP contribution in [-0.4, -0.2) is 52.6 Å². The predicted molar refractivity (Wildman–Crippen MR) is 89.6 cm³/mol. The van der Waals surface area contributed by atoms with Crippen molar-refractivity contribution in [3.8, 4) is 5.88 Å². The van der Waals surface area contributed by atoms with Crippen LogP contribution in [0.1, 0.15) is 25.6 Å². The average Bonchev–Trinajstić information content (AvgIpc) is 2.62. The molecule has 6 nitrogen and oxygen atoms in total. The lowest BCUT2D eigenvalue weighted by Crippen LogP contribution is -2.47. The first-order chi connectivity index (χ1) is 11.3. The standard InChI is InChI=1S/C17H23N5O/c1-3-23-17-12-16(19-13-20-17)22-10-8-21(9-11-22)14(2)15-6-4-5-7-18-15/h4-7,12-14H,3,8-11H2,1-2H3/t14-/m1/s1. The number of hydrogen-bond acceptors (Lipinski definition) is 6. The molecule has 0 N–H and O–H groups in total. The lowest BCUT2D eigenvalue weighted by atomic mass is 10.1. The van der Waals surface area contributed by atoms with E-state index in [-0.39, 0.29) is 0 Å². The molecule has 0 spiro atoms. The molecule has 0 aromatic carbocycles. The second-order valence-corrected chi connectivity index (χ2v) is 5.60. The normalized spacial score (nSPS) is 17.0. The SMILES string of the molecule is CCOc1cc(N2CCN([C@H](C)c3ccccn3)CC2)ncn1. The fourth-order valence-corrected chi connectivity index (χ4v) is 2.88. The van der Waals surface area contributed by atoms with Crippen molar-refractivity contribution in [2.24, 2.45) is 0 Å². The van der Waals surface area contributed by atoms with E-state index < -0.39 is 0 Å². The van der Waals surface area contributed by atoms with Gasteiger partial charge in [-0.2, -0.15) is 0 Å². The van der Waals surface area contributed by atoms with Crippen LogP contribution >= 0.6 is 0 Å². The highest BCUT2D eigenvalue weighted by molar-refractivity contribution is 5.41. The van der Waals surface area contributed by atoms with Crippen LogP contribution < -0.4 is 9.64 Å². The number of anilines is 1. The number of pyridine rings is 1. The molecule has 0 aliphatic carbocycles. The predicted octanol–water partition coefficient (Wildman–Crippen LogP) is 2.15. The van der Waals surface area contributed by atoms with E-state index >= 15 is 0 Å². The number of nitrogens with zero attached hydrogens (tertiary/aromatic N) is 5. The van der Waals surface area contributed by atoms with Gasteiger partial charge in [-0.15, -0.1) is 0 Å². The third-order valence-corrected chi connectivity index (χ3v) is 4.22. The Labute approximate surface area is 137 Å². The van der Waals surface area contributed by atoms with E-state index in [0.29, 0.717) is 18.5 Å². The Morgan fingerprint density at radius 1 is 1.13 bits per heavy atom. The number of piperazine rings is 1. The summed E-state index contributed by atoms with van der Waals surface area (Å²) in [5, 5.41) is 0. The zero-order chi connectivity index (χ0) is 16.1. The van der Waals surface area contributed by atoms with E-state index in [0.717, 1.165) is 37.7 Å². The van der Waals surface area contributed by atoms with Gasteiger partial charge in [0, 0.05) is 44.5 Å². The van der Waals surface area contributed by atoms with Crippen molar-refractivity contribution in [2.75, 3.05) is 37.7 Å². The number of aromatic nitrogens is 3. The molecule has 1 saturated heterocycles. The highest BCUT2D eigenvalue weighted by Crippen LogP contribution is 2.22. The van der Waals surface area contributed by atoms with E-state index in [2.05, 4.69) is 37.7 Å². The highest BCUT2D eigenvalue weighted by Gasteiger charge is 2.23. The van der Waals surface area contributed by atoms with Gasteiger partial charge in [-0.05, 0) is 26.0 Å². The number of ether oxygens (including phenoxy) is 1. The van der Waals surface area contributed by atoms with Crippen LogP contribution in [0.15, 0.2) is 36.8 Å². The van der Waals surface area contributed by atoms with E-state index in [1.807, 2.05) is 31.3 Å². The van der Waals surface area contributed by atoms with Gasteiger partial charge in [0.15, 0.2) is 0 Å². The third-order valence-electron chi connectivity index (χ3n) is 4.22. The minimum absolute atomic E-state index is 0.336. The molecule has 2 aromatic rings. The summed E-state index contributed by atoms with van der Waals surface area (Å²) in [5.41, 5.74) is 1.13. The molecule has 0 radical (unpaired) electrons. The molecule has 3 rings (SSSR count). The molecule has 1 aliphatic rings. The van der Waals surface area contributed by atoms with Gasteiger partial charge >= 0.3 is 0 Å². The third kappa shape index (κ3) is 3.76. The molecule has 0 saturated carbocycles. The Balaban J connectivity index is 1.61. The van der Waals surface area contributed by atoms with Crippen molar-refractivity contribution in [3.05, 3.63) is 42.5 Å². The van der Waals surface area contributed by atoms with Gasteiger partial charge in [0.2, 0.25) is 5.88 Å². The van der Waals surface area contributed by atoms with Gasteiger partial charge < -0.3 is 9.64 Å². The zero-order valence-electron chi connectivity index (χ0n) is 13.7. The van der Waals surface area contributed by atoms with Crippen LogP contribution in [0.4, 0.5) is 5.82 Å². The van der Waals surface area contributed by atoms with E-state index in [1.54, 1.807) is 6.33 Å². The molecular formula is C17H23N5O. The van der Waals surface area contributed by atoms with Crippen molar-refractivity contribution in [1.29, 1.82) is 0 Å². The van der Waals surface area contributed by atoms with Crippen LogP contribution in [0.3, 0.4) is 0 Å². The Morgan fingerprint density at radius 3 is 2.65 bits per heavy atom. The summed E-state index contributed by atoms with van der Waals surface area (Å²) in [6.07, 6.45) is 3.43. The molecule has 1 aliphatic heterocycles. The van der Waals surface area contributed by atoms with Crippen LogP contribution in [-0.2, 0) is 0 Å². The summed E-state index contributed by atoms with van der Waals surface area (Å²) < 4.78 is 5.46. The summed E-state index contributed by atoms with van der Waals surface area (Å²) in [6, 6.07) is 8.35. The van der Waals surface area contributed by atoms with Crippen LogP contribution in [0, 0.1) is 0 Å². The summed E-state index contributed by atoms with van der Waals surface area (Å²) in [6.45, 7) is 8.66. The van der Waals surface area contributed by atoms with Gasteiger partial charge in [0.1, 0.15) is 12.1 Å². The van der Waals surface area contributed by atoms with Gasteiger partial charge in [-0.25, -0.2) is 9.97 Å². The lowest BCUT2D eigenvalue weighted by molar-refractivity contribution is 0.195. The first-order valence-corrected chi connectivity index (χ1v) is 8.12. The summed E-state index contributed by atoms with van der Waals surface area (Å²) in [7, 11) is 0. The Hall–Kier alpha value is -2.21. The minimum atomic E-state index is 0.336. The van der Waals surface area contributed by atoms with E-state index in [1.165, 1.54) is 0 Å². The van der Waals surface area contributed by atoms with Crippen molar-refractivity contribution in [2.45, 2.75) is 19.9 Å². The van der Waals surface area contributed by atoms with Crippen molar-refractivity contribution in [3.63, 3.8) is 0 Å². The lowest BCUT2D eigenvalue weighted by Gasteiger charge is -2.38. The molecular weight excluding hydrogens is 290 g/mol. The van der Waals surface area contributed by atoms with Crippen LogP contribution in [0.2, 0.25) is 0 Å². The summed E-state index contributed by atoms with van der Waals surface area (Å²) in [5.74, 6) is 1.58. The maximum atomic E-state index is 5.46. The molecule has 23 heavy (non-hydrogen) atoms. The van der Waals surface area contributed by atoms with Crippen molar-refractivity contribution >= 4 is 5.82 Å². The fraction of sp³-hybridized carbons (Fsp3) is 0.471. The second kappa shape index (κ2) is 7.37. The topological polar surface area (TPSA) is 54.4 Å². The summed E-state index contributed by atoms with van der Waals surface area (Å²) in [4.78, 5) is 17.7. The first-order valence-electron chi connectivity index (χ1n) is 8.12. The molecule has 122 valence electrons. The zero-order valence-corrected chi connectivity index (χ0v) is 13.7.